The average Bonchev–Trinajstić information content (AvgIpc) is 2.91. The molecule has 3 rings (SSSR count). The predicted molar refractivity (Wildman–Crippen MR) is 85.0 cm³/mol. The predicted octanol–water partition coefficient (Wildman–Crippen LogP) is 4.92. The van der Waals surface area contributed by atoms with Gasteiger partial charge in [0.05, 0.1) is 11.0 Å². The van der Waals surface area contributed by atoms with Gasteiger partial charge in [-0.1, -0.05) is 15.9 Å². The number of halogens is 1. The van der Waals surface area contributed by atoms with Crippen LogP contribution in [0.1, 0.15) is 25.3 Å². The number of nitrogens with one attached hydrogen (secondary N) is 1. The van der Waals surface area contributed by atoms with E-state index in [0.29, 0.717) is 6.04 Å². The summed E-state index contributed by atoms with van der Waals surface area (Å²) < 4.78 is 4.26. The van der Waals surface area contributed by atoms with Crippen molar-refractivity contribution < 1.29 is 0 Å². The lowest BCUT2D eigenvalue weighted by atomic mass is 10.2. The molecule has 2 atom stereocenters. The maximum atomic E-state index is 5.49. The number of thioether (sulfide) groups is 1. The smallest absolute Gasteiger partial charge is 0.178 e. The SMILES string of the molecule is CSC1CCC(n2c(=S)[nH]c3cc(Br)ccc32)C1. The fourth-order valence-corrected chi connectivity index (χ4v) is 4.34. The quantitative estimate of drug-likeness (QED) is 0.782. The molecule has 1 fully saturated rings. The number of nitrogens with zero attached hydrogens (tertiary/aromatic N) is 1. The van der Waals surface area contributed by atoms with Gasteiger partial charge >= 0.3 is 0 Å². The molecular formula is C13H15BrN2S2. The second kappa shape index (κ2) is 5.02. The average molecular weight is 343 g/mol. The van der Waals surface area contributed by atoms with Crippen LogP contribution in [0.5, 0.6) is 0 Å². The molecule has 0 bridgehead atoms. The molecule has 2 aromatic rings. The van der Waals surface area contributed by atoms with Crippen LogP contribution in [0.3, 0.4) is 0 Å². The number of imidazole rings is 1. The van der Waals surface area contributed by atoms with Crippen LogP contribution in [0.4, 0.5) is 0 Å². The van der Waals surface area contributed by atoms with Gasteiger partial charge in [-0.3, -0.25) is 0 Å². The van der Waals surface area contributed by atoms with Gasteiger partial charge in [-0.25, -0.2) is 0 Å². The van der Waals surface area contributed by atoms with Gasteiger partial charge in [0, 0.05) is 15.8 Å². The van der Waals surface area contributed by atoms with E-state index in [2.05, 4.69) is 49.9 Å². The molecule has 0 amide bonds. The molecule has 96 valence electrons. The Morgan fingerprint density at radius 3 is 3.00 bits per heavy atom. The van der Waals surface area contributed by atoms with E-state index >= 15 is 0 Å². The second-order valence-electron chi connectivity index (χ2n) is 4.79. The Balaban J connectivity index is 2.07. The lowest BCUT2D eigenvalue weighted by molar-refractivity contribution is 0.527. The molecule has 1 heterocycles. The zero-order valence-corrected chi connectivity index (χ0v) is 13.4. The number of rotatable bonds is 2. The first-order chi connectivity index (χ1) is 8.69. The van der Waals surface area contributed by atoms with Gasteiger partial charge in [-0.05, 0) is 55.9 Å². The van der Waals surface area contributed by atoms with Crippen LogP contribution in [0.15, 0.2) is 22.7 Å². The first-order valence-corrected chi connectivity index (χ1v) is 8.60. The van der Waals surface area contributed by atoms with Crippen molar-refractivity contribution in [1.82, 2.24) is 9.55 Å². The highest BCUT2D eigenvalue weighted by atomic mass is 79.9. The molecule has 1 saturated carbocycles. The number of aromatic nitrogens is 2. The molecule has 0 spiro atoms. The van der Waals surface area contributed by atoms with Gasteiger partial charge in [0.1, 0.15) is 0 Å². The number of fused-ring (bicyclic) bond motifs is 1. The summed E-state index contributed by atoms with van der Waals surface area (Å²) >= 11 is 11.0. The van der Waals surface area contributed by atoms with E-state index in [1.165, 1.54) is 24.8 Å². The number of aromatic amines is 1. The largest absolute Gasteiger partial charge is 0.331 e. The maximum absolute atomic E-state index is 5.49. The summed E-state index contributed by atoms with van der Waals surface area (Å²) in [6.07, 6.45) is 5.98. The van der Waals surface area contributed by atoms with Gasteiger partial charge in [0.25, 0.3) is 0 Å². The molecule has 1 aromatic carbocycles. The topological polar surface area (TPSA) is 20.7 Å². The fraction of sp³-hybridized carbons (Fsp3) is 0.462. The second-order valence-corrected chi connectivity index (χ2v) is 7.23. The standard InChI is InChI=1S/C13H15BrN2S2/c1-18-10-4-3-9(7-10)16-12-5-2-8(14)6-11(12)15-13(16)17/h2,5-6,9-10H,3-4,7H2,1H3,(H,15,17). The van der Waals surface area contributed by atoms with Gasteiger partial charge in [-0.15, -0.1) is 0 Å². The molecule has 2 nitrogen and oxygen atoms in total. The Hall–Kier alpha value is -0.260. The molecule has 0 saturated heterocycles. The maximum Gasteiger partial charge on any atom is 0.178 e. The van der Waals surface area contributed by atoms with Crippen LogP contribution in [0, 0.1) is 4.77 Å². The summed E-state index contributed by atoms with van der Waals surface area (Å²) in [5.74, 6) is 0. The summed E-state index contributed by atoms with van der Waals surface area (Å²) in [6.45, 7) is 0. The third kappa shape index (κ3) is 2.17. The molecular weight excluding hydrogens is 328 g/mol. The van der Waals surface area contributed by atoms with Crippen LogP contribution in [0.2, 0.25) is 0 Å². The summed E-state index contributed by atoms with van der Waals surface area (Å²) in [5.41, 5.74) is 2.36. The number of hydrogen-bond acceptors (Lipinski definition) is 2. The molecule has 2 unspecified atom stereocenters. The Kier molecular flexibility index (Phi) is 3.56. The van der Waals surface area contributed by atoms with Crippen LogP contribution >= 0.6 is 39.9 Å². The van der Waals surface area contributed by atoms with Crippen molar-refractivity contribution in [2.24, 2.45) is 0 Å². The molecule has 5 heteroatoms. The molecule has 0 radical (unpaired) electrons. The first kappa shape index (κ1) is 12.8. The van der Waals surface area contributed by atoms with E-state index in [9.17, 15) is 0 Å². The van der Waals surface area contributed by atoms with Crippen molar-refractivity contribution >= 4 is 50.9 Å². The third-order valence-electron chi connectivity index (χ3n) is 3.73. The Morgan fingerprint density at radius 2 is 2.28 bits per heavy atom. The van der Waals surface area contributed by atoms with Crippen LogP contribution in [-0.4, -0.2) is 21.1 Å². The van der Waals surface area contributed by atoms with Crippen molar-refractivity contribution in [2.75, 3.05) is 6.26 Å². The van der Waals surface area contributed by atoms with Gasteiger partial charge in [0.2, 0.25) is 0 Å². The molecule has 18 heavy (non-hydrogen) atoms. The lowest BCUT2D eigenvalue weighted by Gasteiger charge is -2.13. The fourth-order valence-electron chi connectivity index (χ4n) is 2.83. The van der Waals surface area contributed by atoms with Crippen LogP contribution in [-0.2, 0) is 0 Å². The molecule has 1 aromatic heterocycles. The van der Waals surface area contributed by atoms with Crippen LogP contribution in [0.25, 0.3) is 11.0 Å². The van der Waals surface area contributed by atoms with E-state index in [0.717, 1.165) is 20.0 Å². The zero-order chi connectivity index (χ0) is 12.7. The highest BCUT2D eigenvalue weighted by Crippen LogP contribution is 2.38. The first-order valence-electron chi connectivity index (χ1n) is 6.11. The number of hydrogen-bond donors (Lipinski definition) is 1. The summed E-state index contributed by atoms with van der Waals surface area (Å²) in [4.78, 5) is 3.32. The van der Waals surface area contributed by atoms with Crippen molar-refractivity contribution in [3.63, 3.8) is 0 Å². The lowest BCUT2D eigenvalue weighted by Crippen LogP contribution is -2.06. The Morgan fingerprint density at radius 1 is 1.44 bits per heavy atom. The zero-order valence-electron chi connectivity index (χ0n) is 10.1. The monoisotopic (exact) mass is 342 g/mol. The highest BCUT2D eigenvalue weighted by Gasteiger charge is 2.26. The van der Waals surface area contributed by atoms with Crippen molar-refractivity contribution in [1.29, 1.82) is 0 Å². The minimum absolute atomic E-state index is 0.560. The third-order valence-corrected chi connectivity index (χ3v) is 5.62. The summed E-state index contributed by atoms with van der Waals surface area (Å²) in [5, 5.41) is 0.789. The molecule has 1 N–H and O–H groups in total. The van der Waals surface area contributed by atoms with Gasteiger partial charge in [-0.2, -0.15) is 11.8 Å². The molecule has 1 aliphatic rings. The van der Waals surface area contributed by atoms with Gasteiger partial charge in [0.15, 0.2) is 4.77 Å². The van der Waals surface area contributed by atoms with E-state index in [1.807, 2.05) is 11.8 Å². The molecule has 0 aliphatic heterocycles. The van der Waals surface area contributed by atoms with E-state index < -0.39 is 0 Å². The van der Waals surface area contributed by atoms with E-state index in [4.69, 9.17) is 12.2 Å². The molecule has 1 aliphatic carbocycles. The van der Waals surface area contributed by atoms with Crippen molar-refractivity contribution in [3.05, 3.63) is 27.4 Å². The summed E-state index contributed by atoms with van der Waals surface area (Å²) in [7, 11) is 0. The Bertz CT molecular complexity index is 631. The van der Waals surface area contributed by atoms with E-state index in [1.54, 1.807) is 0 Å². The van der Waals surface area contributed by atoms with Gasteiger partial charge < -0.3 is 9.55 Å². The minimum Gasteiger partial charge on any atom is -0.331 e. The van der Waals surface area contributed by atoms with Crippen molar-refractivity contribution in [2.45, 2.75) is 30.6 Å². The summed E-state index contributed by atoms with van der Waals surface area (Å²) in [6, 6.07) is 6.90. The normalized spacial score (nSPS) is 23.9. The number of H-pyrrole nitrogens is 1. The van der Waals surface area contributed by atoms with Crippen LogP contribution < -0.4 is 0 Å². The highest BCUT2D eigenvalue weighted by molar-refractivity contribution is 9.10. The van der Waals surface area contributed by atoms with E-state index in [-0.39, 0.29) is 0 Å². The number of benzene rings is 1. The Labute approximate surface area is 124 Å². The van der Waals surface area contributed by atoms with Crippen molar-refractivity contribution in [3.8, 4) is 0 Å². The minimum atomic E-state index is 0.560.